The molecular formula is C14H26N2O6. The topological polar surface area (TPSA) is 118 Å². The standard InChI is InChI=1S/C14H26N2O6/c1-9(17)7-21-11(19)13(3,4)15-16-14(5,6)12(20)22-8-10(2)18/h9-10,17-18H,7-8H2,1-6H3. The molecule has 0 rings (SSSR count). The van der Waals surface area contributed by atoms with Crippen LogP contribution in [0.1, 0.15) is 41.5 Å². The molecule has 2 atom stereocenters. The van der Waals surface area contributed by atoms with Gasteiger partial charge in [0.2, 0.25) is 0 Å². The van der Waals surface area contributed by atoms with E-state index >= 15 is 0 Å². The van der Waals surface area contributed by atoms with Crippen molar-refractivity contribution >= 4 is 11.9 Å². The first-order valence-corrected chi connectivity index (χ1v) is 7.03. The molecule has 8 nitrogen and oxygen atoms in total. The highest BCUT2D eigenvalue weighted by Crippen LogP contribution is 2.18. The number of aliphatic hydroxyl groups excluding tert-OH is 2. The Hall–Kier alpha value is -1.54. The first-order valence-electron chi connectivity index (χ1n) is 7.03. The fourth-order valence-corrected chi connectivity index (χ4v) is 1.08. The molecular weight excluding hydrogens is 292 g/mol. The van der Waals surface area contributed by atoms with Gasteiger partial charge in [-0.3, -0.25) is 0 Å². The zero-order chi connectivity index (χ0) is 17.6. The highest BCUT2D eigenvalue weighted by molar-refractivity contribution is 5.81. The number of azo groups is 1. The number of hydrogen-bond acceptors (Lipinski definition) is 8. The van der Waals surface area contributed by atoms with Crippen molar-refractivity contribution < 1.29 is 29.3 Å². The fourth-order valence-electron chi connectivity index (χ4n) is 1.08. The van der Waals surface area contributed by atoms with Crippen molar-refractivity contribution in [2.45, 2.75) is 64.8 Å². The molecule has 0 saturated heterocycles. The number of carbonyl (C=O) groups excluding carboxylic acids is 2. The SMILES string of the molecule is CC(O)COC(=O)C(C)(C)N=NC(C)(C)C(=O)OCC(C)O. The first kappa shape index (κ1) is 20.5. The van der Waals surface area contributed by atoms with Crippen molar-refractivity contribution in [3.05, 3.63) is 0 Å². The van der Waals surface area contributed by atoms with Crippen LogP contribution in [0.2, 0.25) is 0 Å². The lowest BCUT2D eigenvalue weighted by atomic mass is 10.1. The van der Waals surface area contributed by atoms with E-state index in [0.717, 1.165) is 0 Å². The summed E-state index contributed by atoms with van der Waals surface area (Å²) in [5.41, 5.74) is -2.59. The zero-order valence-electron chi connectivity index (χ0n) is 14.0. The maximum absolute atomic E-state index is 11.8. The van der Waals surface area contributed by atoms with Crippen LogP contribution in [0.4, 0.5) is 0 Å². The van der Waals surface area contributed by atoms with Crippen LogP contribution in [0.15, 0.2) is 10.2 Å². The van der Waals surface area contributed by atoms with E-state index in [0.29, 0.717) is 0 Å². The van der Waals surface area contributed by atoms with Crippen LogP contribution in [0, 0.1) is 0 Å². The summed E-state index contributed by atoms with van der Waals surface area (Å²) in [7, 11) is 0. The number of nitrogens with zero attached hydrogens (tertiary/aromatic N) is 2. The minimum atomic E-state index is -1.29. The second kappa shape index (κ2) is 8.19. The maximum Gasteiger partial charge on any atom is 0.335 e. The Kier molecular flexibility index (Phi) is 7.61. The number of rotatable bonds is 8. The van der Waals surface area contributed by atoms with Gasteiger partial charge in [0.1, 0.15) is 13.2 Å². The molecule has 0 aliphatic rings. The highest BCUT2D eigenvalue weighted by atomic mass is 16.5. The average Bonchev–Trinajstić information content (AvgIpc) is 2.39. The van der Waals surface area contributed by atoms with Gasteiger partial charge in [0.25, 0.3) is 0 Å². The fraction of sp³-hybridized carbons (Fsp3) is 0.857. The van der Waals surface area contributed by atoms with Gasteiger partial charge in [-0.2, -0.15) is 10.2 Å². The molecule has 0 heterocycles. The Labute approximate surface area is 130 Å². The molecule has 2 unspecified atom stereocenters. The quantitative estimate of drug-likeness (QED) is 0.506. The van der Waals surface area contributed by atoms with Crippen LogP contribution in [-0.2, 0) is 19.1 Å². The summed E-state index contributed by atoms with van der Waals surface area (Å²) in [6.07, 6.45) is -1.55. The molecule has 0 amide bonds. The van der Waals surface area contributed by atoms with E-state index in [2.05, 4.69) is 10.2 Å². The smallest absolute Gasteiger partial charge is 0.335 e. The van der Waals surface area contributed by atoms with Crippen LogP contribution >= 0.6 is 0 Å². The van der Waals surface area contributed by atoms with Gasteiger partial charge in [-0.15, -0.1) is 0 Å². The van der Waals surface area contributed by atoms with Crippen molar-refractivity contribution in [2.75, 3.05) is 13.2 Å². The van der Waals surface area contributed by atoms with Crippen molar-refractivity contribution in [1.29, 1.82) is 0 Å². The van der Waals surface area contributed by atoms with Crippen molar-refractivity contribution in [1.82, 2.24) is 0 Å². The largest absolute Gasteiger partial charge is 0.461 e. The molecule has 0 aromatic carbocycles. The van der Waals surface area contributed by atoms with Gasteiger partial charge in [0.05, 0.1) is 12.2 Å². The van der Waals surface area contributed by atoms with Gasteiger partial charge in [-0.05, 0) is 41.5 Å². The third-order valence-electron chi connectivity index (χ3n) is 2.46. The number of esters is 2. The monoisotopic (exact) mass is 318 g/mol. The van der Waals surface area contributed by atoms with Crippen LogP contribution in [-0.4, -0.2) is 58.7 Å². The van der Waals surface area contributed by atoms with Gasteiger partial charge in [0.15, 0.2) is 11.1 Å². The van der Waals surface area contributed by atoms with Gasteiger partial charge < -0.3 is 19.7 Å². The second-order valence-electron chi connectivity index (χ2n) is 6.21. The van der Waals surface area contributed by atoms with Crippen molar-refractivity contribution in [3.63, 3.8) is 0 Å². The lowest BCUT2D eigenvalue weighted by Crippen LogP contribution is -2.36. The second-order valence-corrected chi connectivity index (χ2v) is 6.21. The zero-order valence-corrected chi connectivity index (χ0v) is 14.0. The van der Waals surface area contributed by atoms with Gasteiger partial charge in [0, 0.05) is 0 Å². The minimum absolute atomic E-state index is 0.141. The summed E-state index contributed by atoms with van der Waals surface area (Å²) in [6, 6.07) is 0. The summed E-state index contributed by atoms with van der Waals surface area (Å²) in [5.74, 6) is -1.32. The molecule has 0 radical (unpaired) electrons. The Bertz CT molecular complexity index is 378. The van der Waals surface area contributed by atoms with Crippen molar-refractivity contribution in [3.8, 4) is 0 Å². The third-order valence-corrected chi connectivity index (χ3v) is 2.46. The number of aliphatic hydroxyl groups is 2. The third kappa shape index (κ3) is 7.46. The van der Waals surface area contributed by atoms with E-state index in [4.69, 9.17) is 19.7 Å². The van der Waals surface area contributed by atoms with Gasteiger partial charge in [-0.25, -0.2) is 9.59 Å². The van der Waals surface area contributed by atoms with Gasteiger partial charge >= 0.3 is 11.9 Å². The molecule has 0 aromatic heterocycles. The number of carbonyl (C=O) groups is 2. The summed E-state index contributed by atoms with van der Waals surface area (Å²) in [5, 5.41) is 25.9. The lowest BCUT2D eigenvalue weighted by Gasteiger charge is -2.21. The van der Waals surface area contributed by atoms with E-state index in [-0.39, 0.29) is 13.2 Å². The van der Waals surface area contributed by atoms with E-state index in [1.54, 1.807) is 0 Å². The minimum Gasteiger partial charge on any atom is -0.461 e. The molecule has 0 bridgehead atoms. The Morgan fingerprint density at radius 1 is 0.864 bits per heavy atom. The molecule has 0 aliphatic carbocycles. The molecule has 2 N–H and O–H groups in total. The maximum atomic E-state index is 11.8. The molecule has 0 fully saturated rings. The summed E-state index contributed by atoms with van der Waals surface area (Å²) < 4.78 is 9.76. The predicted octanol–water partition coefficient (Wildman–Crippen LogP) is 0.844. The molecule has 0 saturated carbocycles. The summed E-state index contributed by atoms with van der Waals surface area (Å²) in [6.45, 7) is 8.63. The Morgan fingerprint density at radius 3 is 1.36 bits per heavy atom. The van der Waals surface area contributed by atoms with E-state index in [9.17, 15) is 9.59 Å². The average molecular weight is 318 g/mol. The molecule has 0 aromatic rings. The Balaban J connectivity index is 4.76. The summed E-state index contributed by atoms with van der Waals surface area (Å²) in [4.78, 5) is 23.7. The van der Waals surface area contributed by atoms with Crippen LogP contribution in [0.5, 0.6) is 0 Å². The van der Waals surface area contributed by atoms with Crippen molar-refractivity contribution in [2.24, 2.45) is 10.2 Å². The molecule has 0 aliphatic heterocycles. The van der Waals surface area contributed by atoms with Crippen LogP contribution < -0.4 is 0 Å². The Morgan fingerprint density at radius 2 is 1.14 bits per heavy atom. The van der Waals surface area contributed by atoms with Gasteiger partial charge in [-0.1, -0.05) is 0 Å². The molecule has 0 spiro atoms. The molecule has 8 heteroatoms. The van der Waals surface area contributed by atoms with Crippen LogP contribution in [0.25, 0.3) is 0 Å². The lowest BCUT2D eigenvalue weighted by molar-refractivity contribution is -0.153. The molecule has 128 valence electrons. The first-order chi connectivity index (χ1) is 9.88. The summed E-state index contributed by atoms with van der Waals surface area (Å²) >= 11 is 0. The van der Waals surface area contributed by atoms with E-state index in [1.807, 2.05) is 0 Å². The predicted molar refractivity (Wildman–Crippen MR) is 78.3 cm³/mol. The number of hydrogen-bond donors (Lipinski definition) is 2. The highest BCUT2D eigenvalue weighted by Gasteiger charge is 2.34. The van der Waals surface area contributed by atoms with Crippen LogP contribution in [0.3, 0.4) is 0 Å². The molecule has 22 heavy (non-hydrogen) atoms. The number of ether oxygens (including phenoxy) is 2. The normalized spacial score (nSPS) is 15.5. The van der Waals surface area contributed by atoms with E-state index in [1.165, 1.54) is 41.5 Å². The van der Waals surface area contributed by atoms with E-state index < -0.39 is 35.2 Å².